The summed E-state index contributed by atoms with van der Waals surface area (Å²) in [6, 6.07) is 19.2. The molecule has 218 valence electrons. The molecule has 6 rings (SSSR count). The number of carbonyl (C=O) groups is 3. The Morgan fingerprint density at radius 3 is 2.40 bits per heavy atom. The Bertz CT molecular complexity index is 1590. The molecule has 2 saturated heterocycles. The highest BCUT2D eigenvalue weighted by atomic mass is 16.5. The number of carbonyl (C=O) groups excluding carboxylic acids is 3. The van der Waals surface area contributed by atoms with Gasteiger partial charge in [-0.25, -0.2) is 4.79 Å². The summed E-state index contributed by atoms with van der Waals surface area (Å²) in [5, 5.41) is 2.50. The average molecular weight is 571 g/mol. The van der Waals surface area contributed by atoms with E-state index in [4.69, 9.17) is 9.47 Å². The van der Waals surface area contributed by atoms with Gasteiger partial charge in [-0.3, -0.25) is 24.6 Å². The zero-order valence-corrected chi connectivity index (χ0v) is 23.7. The number of piperidine rings is 1. The Balaban J connectivity index is 1.37. The number of aromatic nitrogens is 1. The largest absolute Gasteiger partial charge is 0.493 e. The van der Waals surface area contributed by atoms with Crippen LogP contribution in [0, 0.1) is 11.3 Å². The van der Waals surface area contributed by atoms with Crippen molar-refractivity contribution < 1.29 is 23.9 Å². The van der Waals surface area contributed by atoms with Crippen molar-refractivity contribution in [1.29, 1.82) is 0 Å². The van der Waals surface area contributed by atoms with Crippen molar-refractivity contribution in [3.63, 3.8) is 0 Å². The van der Waals surface area contributed by atoms with Gasteiger partial charge in [0, 0.05) is 43.9 Å². The second kappa shape index (κ2) is 11.1. The van der Waals surface area contributed by atoms with E-state index in [2.05, 4.69) is 10.2 Å². The first-order valence-corrected chi connectivity index (χ1v) is 14.2. The van der Waals surface area contributed by atoms with Crippen LogP contribution in [0.5, 0.6) is 11.5 Å². The van der Waals surface area contributed by atoms with Gasteiger partial charge in [-0.05, 0) is 48.1 Å². The molecule has 1 unspecified atom stereocenters. The third-order valence-corrected chi connectivity index (χ3v) is 8.74. The van der Waals surface area contributed by atoms with Crippen LogP contribution < -0.4 is 20.3 Å². The molecular formula is C32H34N4O6. The number of nitrogens with zero attached hydrogens (tertiary/aromatic N) is 3. The van der Waals surface area contributed by atoms with Crippen LogP contribution in [0.4, 0.5) is 4.79 Å². The second-order valence-electron chi connectivity index (χ2n) is 11.5. The summed E-state index contributed by atoms with van der Waals surface area (Å²) in [6.45, 7) is 2.02. The van der Waals surface area contributed by atoms with Crippen LogP contribution in [0.2, 0.25) is 0 Å². The molecule has 1 aromatic heterocycles. The Morgan fingerprint density at radius 1 is 0.857 bits per heavy atom. The number of ether oxygens (including phenoxy) is 2. The van der Waals surface area contributed by atoms with Gasteiger partial charge in [-0.15, -0.1) is 0 Å². The standard InChI is InChI=1S/C32H34N4O6/c1-41-26-12-11-22(14-27(26)42-2)15-32(29(38)33-31(40)36(30(32)39)17-21-7-4-3-5-8-21)20-34-16-23-13-24(19-34)25-9-6-10-28(37)35(25)18-23/h3-12,14,23-24H,13,15-20H2,1-2H3,(H,33,38,40)/t23-,24+,32?/m1/s1. The monoisotopic (exact) mass is 570 g/mol. The van der Waals surface area contributed by atoms with Crippen molar-refractivity contribution in [3.8, 4) is 11.5 Å². The molecule has 2 aromatic carbocycles. The van der Waals surface area contributed by atoms with Gasteiger partial charge in [0.2, 0.25) is 11.8 Å². The van der Waals surface area contributed by atoms with Gasteiger partial charge in [-0.1, -0.05) is 42.5 Å². The number of rotatable bonds is 8. The van der Waals surface area contributed by atoms with E-state index in [1.807, 2.05) is 47.0 Å². The zero-order chi connectivity index (χ0) is 29.4. The van der Waals surface area contributed by atoms with Crippen molar-refractivity contribution in [3.05, 3.63) is 93.9 Å². The van der Waals surface area contributed by atoms with Gasteiger partial charge in [0.15, 0.2) is 11.5 Å². The molecule has 0 spiro atoms. The molecule has 3 aliphatic rings. The van der Waals surface area contributed by atoms with Crippen LogP contribution in [-0.4, -0.2) is 66.1 Å². The molecule has 3 aromatic rings. The number of urea groups is 1. The summed E-state index contributed by atoms with van der Waals surface area (Å²) >= 11 is 0. The van der Waals surface area contributed by atoms with Crippen LogP contribution >= 0.6 is 0 Å². The quantitative estimate of drug-likeness (QED) is 0.415. The molecule has 0 radical (unpaired) electrons. The maximum atomic E-state index is 14.4. The molecule has 3 atom stereocenters. The summed E-state index contributed by atoms with van der Waals surface area (Å²) in [5.74, 6) is 0.201. The fraction of sp³-hybridized carbons (Fsp3) is 0.375. The number of likely N-dealkylation sites (tertiary alicyclic amines) is 1. The Labute approximate surface area is 243 Å². The summed E-state index contributed by atoms with van der Waals surface area (Å²) in [6.07, 6.45) is 1.01. The van der Waals surface area contributed by atoms with Crippen molar-refractivity contribution in [2.45, 2.75) is 31.8 Å². The molecule has 10 nitrogen and oxygen atoms in total. The predicted octanol–water partition coefficient (Wildman–Crippen LogP) is 2.79. The summed E-state index contributed by atoms with van der Waals surface area (Å²) in [5.41, 5.74) is 0.906. The van der Waals surface area contributed by atoms with E-state index in [1.54, 1.807) is 31.4 Å². The van der Waals surface area contributed by atoms with Crippen LogP contribution in [0.1, 0.15) is 29.2 Å². The number of hydrogen-bond acceptors (Lipinski definition) is 7. The van der Waals surface area contributed by atoms with E-state index in [-0.39, 0.29) is 36.9 Å². The molecule has 4 amide bonds. The summed E-state index contributed by atoms with van der Waals surface area (Å²) in [7, 11) is 3.08. The highest BCUT2D eigenvalue weighted by Crippen LogP contribution is 2.39. The molecule has 4 heterocycles. The van der Waals surface area contributed by atoms with Gasteiger partial charge in [0.1, 0.15) is 5.41 Å². The number of benzene rings is 2. The lowest BCUT2D eigenvalue weighted by molar-refractivity contribution is -0.154. The van der Waals surface area contributed by atoms with E-state index in [0.29, 0.717) is 36.7 Å². The van der Waals surface area contributed by atoms with Crippen LogP contribution in [0.25, 0.3) is 0 Å². The summed E-state index contributed by atoms with van der Waals surface area (Å²) in [4.78, 5) is 57.2. The lowest BCUT2D eigenvalue weighted by Gasteiger charge is -2.47. The van der Waals surface area contributed by atoms with E-state index >= 15 is 0 Å². The predicted molar refractivity (Wildman–Crippen MR) is 154 cm³/mol. The van der Waals surface area contributed by atoms with E-state index < -0.39 is 23.3 Å². The number of pyridine rings is 1. The van der Waals surface area contributed by atoms with Crippen LogP contribution in [-0.2, 0) is 29.1 Å². The van der Waals surface area contributed by atoms with Crippen molar-refractivity contribution in [2.24, 2.45) is 11.3 Å². The number of fused-ring (bicyclic) bond motifs is 4. The lowest BCUT2D eigenvalue weighted by atomic mass is 9.75. The van der Waals surface area contributed by atoms with Crippen molar-refractivity contribution in [1.82, 2.24) is 19.7 Å². The third-order valence-electron chi connectivity index (χ3n) is 8.74. The molecule has 1 N–H and O–H groups in total. The van der Waals surface area contributed by atoms with Crippen LogP contribution in [0.15, 0.2) is 71.5 Å². The van der Waals surface area contributed by atoms with Gasteiger partial charge in [0.05, 0.1) is 20.8 Å². The lowest BCUT2D eigenvalue weighted by Crippen LogP contribution is -2.67. The highest BCUT2D eigenvalue weighted by molar-refractivity contribution is 6.19. The zero-order valence-electron chi connectivity index (χ0n) is 23.7. The molecule has 0 saturated carbocycles. The van der Waals surface area contributed by atoms with Crippen molar-refractivity contribution in [2.75, 3.05) is 33.9 Å². The molecular weight excluding hydrogens is 536 g/mol. The van der Waals surface area contributed by atoms with E-state index in [9.17, 15) is 19.2 Å². The number of barbiturate groups is 1. The Morgan fingerprint density at radius 2 is 1.64 bits per heavy atom. The molecule has 0 aliphatic carbocycles. The molecule has 2 bridgehead atoms. The number of hydrogen-bond donors (Lipinski definition) is 1. The smallest absolute Gasteiger partial charge is 0.331 e. The number of methoxy groups -OCH3 is 2. The van der Waals surface area contributed by atoms with E-state index in [1.165, 1.54) is 7.11 Å². The van der Waals surface area contributed by atoms with Gasteiger partial charge in [0.25, 0.3) is 5.56 Å². The highest BCUT2D eigenvalue weighted by Gasteiger charge is 2.55. The van der Waals surface area contributed by atoms with Crippen LogP contribution in [0.3, 0.4) is 0 Å². The summed E-state index contributed by atoms with van der Waals surface area (Å²) < 4.78 is 12.7. The Kier molecular flexibility index (Phi) is 7.32. The SMILES string of the molecule is COc1ccc(CC2(CN3C[C@H]4C[C@@H](C3)c3cccc(=O)n3C4)C(=O)NC(=O)N(Cc3ccccc3)C2=O)cc1OC. The number of imide groups is 2. The Hall–Kier alpha value is -4.44. The van der Waals surface area contributed by atoms with Gasteiger partial charge >= 0.3 is 6.03 Å². The minimum absolute atomic E-state index is 0.00234. The van der Waals surface area contributed by atoms with E-state index in [0.717, 1.165) is 22.6 Å². The molecule has 42 heavy (non-hydrogen) atoms. The topological polar surface area (TPSA) is 110 Å². The molecule has 10 heteroatoms. The third kappa shape index (κ3) is 4.96. The first kappa shape index (κ1) is 27.7. The first-order chi connectivity index (χ1) is 20.3. The molecule has 3 aliphatic heterocycles. The van der Waals surface area contributed by atoms with Gasteiger partial charge < -0.3 is 18.9 Å². The normalized spacial score (nSPS) is 23.8. The minimum Gasteiger partial charge on any atom is -0.493 e. The fourth-order valence-corrected chi connectivity index (χ4v) is 6.84. The maximum Gasteiger partial charge on any atom is 0.331 e. The van der Waals surface area contributed by atoms with Gasteiger partial charge in [-0.2, -0.15) is 0 Å². The average Bonchev–Trinajstić information content (AvgIpc) is 2.99. The minimum atomic E-state index is -1.57. The first-order valence-electron chi connectivity index (χ1n) is 14.2. The fourth-order valence-electron chi connectivity index (χ4n) is 6.84. The van der Waals surface area contributed by atoms with Crippen molar-refractivity contribution >= 4 is 17.8 Å². The number of amides is 4. The molecule has 2 fully saturated rings. The second-order valence-corrected chi connectivity index (χ2v) is 11.5. The number of nitrogens with one attached hydrogen (secondary N) is 1. The maximum absolute atomic E-state index is 14.4.